The number of hydrogen-bond acceptors (Lipinski definition) is 3. The standard InChI is InChI=1S/C21H28F3N5O/c1-16-26-9-11-28(16)10-4-3-8-27-20(25-2)29-12-13-30-19(15-29)17-6-5-7-18(14-17)21(22,23)24/h5-7,9,11,14,19H,3-4,8,10,12-13,15H2,1-2H3,(H,25,27). The van der Waals surface area contributed by atoms with Crippen LogP contribution in [0.3, 0.4) is 0 Å². The highest BCUT2D eigenvalue weighted by Crippen LogP contribution is 2.32. The molecule has 1 aromatic heterocycles. The maximum Gasteiger partial charge on any atom is 0.416 e. The number of halogens is 3. The van der Waals surface area contributed by atoms with E-state index in [0.717, 1.165) is 43.8 Å². The van der Waals surface area contributed by atoms with Gasteiger partial charge in [0.15, 0.2) is 5.96 Å². The van der Waals surface area contributed by atoms with E-state index in [9.17, 15) is 13.2 Å². The number of aliphatic imine (C=N–C) groups is 1. The molecule has 1 saturated heterocycles. The van der Waals surface area contributed by atoms with Gasteiger partial charge in [-0.2, -0.15) is 13.2 Å². The zero-order valence-corrected chi connectivity index (χ0v) is 17.3. The molecule has 0 aliphatic carbocycles. The van der Waals surface area contributed by atoms with Crippen molar-refractivity contribution in [3.63, 3.8) is 0 Å². The van der Waals surface area contributed by atoms with Crippen molar-refractivity contribution >= 4 is 5.96 Å². The van der Waals surface area contributed by atoms with E-state index in [0.29, 0.717) is 25.3 Å². The van der Waals surface area contributed by atoms with Gasteiger partial charge in [0.1, 0.15) is 11.9 Å². The number of hydrogen-bond donors (Lipinski definition) is 1. The number of imidazole rings is 1. The summed E-state index contributed by atoms with van der Waals surface area (Å²) in [5, 5.41) is 3.36. The monoisotopic (exact) mass is 423 g/mol. The molecule has 3 rings (SSSR count). The van der Waals surface area contributed by atoms with E-state index in [-0.39, 0.29) is 0 Å². The Bertz CT molecular complexity index is 849. The van der Waals surface area contributed by atoms with Crippen molar-refractivity contribution in [3.8, 4) is 0 Å². The maximum absolute atomic E-state index is 13.0. The fraction of sp³-hybridized carbons (Fsp3) is 0.524. The molecule has 0 spiro atoms. The Labute approximate surface area is 174 Å². The van der Waals surface area contributed by atoms with Gasteiger partial charge in [-0.15, -0.1) is 0 Å². The minimum Gasteiger partial charge on any atom is -0.370 e. The van der Waals surface area contributed by atoms with Gasteiger partial charge in [0, 0.05) is 39.1 Å². The first-order valence-corrected chi connectivity index (χ1v) is 10.1. The summed E-state index contributed by atoms with van der Waals surface area (Å²) in [5.74, 6) is 1.75. The molecule has 9 heteroatoms. The molecule has 2 aromatic rings. The molecule has 1 unspecified atom stereocenters. The van der Waals surface area contributed by atoms with Gasteiger partial charge < -0.3 is 19.5 Å². The number of guanidine groups is 1. The van der Waals surface area contributed by atoms with Crippen LogP contribution in [-0.2, 0) is 17.5 Å². The molecule has 164 valence electrons. The predicted molar refractivity (Wildman–Crippen MR) is 109 cm³/mol. The van der Waals surface area contributed by atoms with Crippen LogP contribution in [-0.4, -0.2) is 53.7 Å². The number of aryl methyl sites for hydroxylation is 2. The Hall–Kier alpha value is -2.55. The van der Waals surface area contributed by atoms with Crippen LogP contribution >= 0.6 is 0 Å². The van der Waals surface area contributed by atoms with E-state index < -0.39 is 17.8 Å². The SMILES string of the molecule is CN=C(NCCCCn1ccnc1C)N1CCOC(c2cccc(C(F)(F)F)c2)C1. The quantitative estimate of drug-likeness (QED) is 0.438. The highest BCUT2D eigenvalue weighted by Gasteiger charge is 2.32. The lowest BCUT2D eigenvalue weighted by molar-refractivity contribution is -0.137. The van der Waals surface area contributed by atoms with Gasteiger partial charge in [-0.05, 0) is 37.5 Å². The number of ether oxygens (including phenoxy) is 1. The van der Waals surface area contributed by atoms with Crippen molar-refractivity contribution in [2.45, 2.75) is 38.6 Å². The summed E-state index contributed by atoms with van der Waals surface area (Å²) in [6.07, 6.45) is 0.966. The third-order valence-corrected chi connectivity index (χ3v) is 5.20. The Morgan fingerprint density at radius 3 is 2.87 bits per heavy atom. The average Bonchev–Trinajstić information content (AvgIpc) is 3.15. The molecule has 30 heavy (non-hydrogen) atoms. The first kappa shape index (κ1) is 22.1. The van der Waals surface area contributed by atoms with Gasteiger partial charge in [-0.3, -0.25) is 4.99 Å². The molecule has 0 bridgehead atoms. The molecular formula is C21H28F3N5O. The third kappa shape index (κ3) is 5.75. The molecule has 2 heterocycles. The normalized spacial score (nSPS) is 18.0. The number of alkyl halides is 3. The van der Waals surface area contributed by atoms with Crippen LogP contribution in [0.1, 0.15) is 35.9 Å². The summed E-state index contributed by atoms with van der Waals surface area (Å²) in [5.41, 5.74) is -0.128. The number of rotatable bonds is 6. The highest BCUT2D eigenvalue weighted by atomic mass is 19.4. The molecule has 1 atom stereocenters. The van der Waals surface area contributed by atoms with Gasteiger partial charge in [-0.1, -0.05) is 12.1 Å². The molecule has 1 aliphatic rings. The zero-order valence-electron chi connectivity index (χ0n) is 17.3. The first-order chi connectivity index (χ1) is 14.4. The van der Waals surface area contributed by atoms with E-state index in [1.54, 1.807) is 19.3 Å². The van der Waals surface area contributed by atoms with Crippen molar-refractivity contribution in [3.05, 3.63) is 53.6 Å². The van der Waals surface area contributed by atoms with Gasteiger partial charge in [0.05, 0.1) is 18.7 Å². The number of nitrogens with one attached hydrogen (secondary N) is 1. The lowest BCUT2D eigenvalue weighted by atomic mass is 10.0. The van der Waals surface area contributed by atoms with E-state index in [4.69, 9.17) is 4.74 Å². The van der Waals surface area contributed by atoms with Crippen LogP contribution in [0, 0.1) is 6.92 Å². The van der Waals surface area contributed by atoms with Crippen molar-refractivity contribution < 1.29 is 17.9 Å². The Morgan fingerprint density at radius 1 is 1.33 bits per heavy atom. The predicted octanol–water partition coefficient (Wildman–Crippen LogP) is 3.64. The highest BCUT2D eigenvalue weighted by molar-refractivity contribution is 5.80. The smallest absolute Gasteiger partial charge is 0.370 e. The van der Waals surface area contributed by atoms with Crippen molar-refractivity contribution in [2.24, 2.45) is 4.99 Å². The lowest BCUT2D eigenvalue weighted by Crippen LogP contribution is -2.48. The number of benzene rings is 1. The number of aromatic nitrogens is 2. The van der Waals surface area contributed by atoms with Crippen molar-refractivity contribution in [1.29, 1.82) is 0 Å². The number of unbranched alkanes of at least 4 members (excludes halogenated alkanes) is 1. The molecule has 0 radical (unpaired) electrons. The lowest BCUT2D eigenvalue weighted by Gasteiger charge is -2.35. The molecular weight excluding hydrogens is 395 g/mol. The van der Waals surface area contributed by atoms with Crippen LogP contribution < -0.4 is 5.32 Å². The number of morpholine rings is 1. The minimum atomic E-state index is -4.36. The van der Waals surface area contributed by atoms with E-state index >= 15 is 0 Å². The largest absolute Gasteiger partial charge is 0.416 e. The topological polar surface area (TPSA) is 54.7 Å². The van der Waals surface area contributed by atoms with Crippen LogP contribution in [0.25, 0.3) is 0 Å². The Kier molecular flexibility index (Phi) is 7.36. The summed E-state index contributed by atoms with van der Waals surface area (Å²) in [7, 11) is 1.71. The zero-order chi connectivity index (χ0) is 21.6. The second kappa shape index (κ2) is 9.97. The van der Waals surface area contributed by atoms with Crippen LogP contribution in [0.4, 0.5) is 13.2 Å². The fourth-order valence-electron chi connectivity index (χ4n) is 3.54. The second-order valence-electron chi connectivity index (χ2n) is 7.28. The maximum atomic E-state index is 13.0. The van der Waals surface area contributed by atoms with E-state index in [2.05, 4.69) is 19.9 Å². The first-order valence-electron chi connectivity index (χ1n) is 10.1. The molecule has 1 aliphatic heterocycles. The summed E-state index contributed by atoms with van der Waals surface area (Å²) < 4.78 is 46.9. The Morgan fingerprint density at radius 2 is 2.17 bits per heavy atom. The Balaban J connectivity index is 1.51. The van der Waals surface area contributed by atoms with Gasteiger partial charge in [-0.25, -0.2) is 4.98 Å². The molecule has 0 amide bonds. The van der Waals surface area contributed by atoms with Crippen molar-refractivity contribution in [1.82, 2.24) is 19.8 Å². The van der Waals surface area contributed by atoms with Crippen LogP contribution in [0.2, 0.25) is 0 Å². The van der Waals surface area contributed by atoms with Crippen LogP contribution in [0.15, 0.2) is 41.7 Å². The summed E-state index contributed by atoms with van der Waals surface area (Å²) in [4.78, 5) is 10.6. The molecule has 1 aromatic carbocycles. The summed E-state index contributed by atoms with van der Waals surface area (Å²) in [6, 6.07) is 5.35. The number of nitrogens with zero attached hydrogens (tertiary/aromatic N) is 4. The van der Waals surface area contributed by atoms with E-state index in [1.807, 2.05) is 18.0 Å². The van der Waals surface area contributed by atoms with Crippen molar-refractivity contribution in [2.75, 3.05) is 33.3 Å². The molecule has 6 nitrogen and oxygen atoms in total. The van der Waals surface area contributed by atoms with Crippen LogP contribution in [0.5, 0.6) is 0 Å². The van der Waals surface area contributed by atoms with E-state index in [1.165, 1.54) is 12.1 Å². The van der Waals surface area contributed by atoms with Gasteiger partial charge in [0.2, 0.25) is 0 Å². The molecule has 1 N–H and O–H groups in total. The summed E-state index contributed by atoms with van der Waals surface area (Å²) in [6.45, 7) is 5.20. The van der Waals surface area contributed by atoms with Gasteiger partial charge >= 0.3 is 6.18 Å². The average molecular weight is 423 g/mol. The second-order valence-corrected chi connectivity index (χ2v) is 7.28. The summed E-state index contributed by atoms with van der Waals surface area (Å²) >= 11 is 0. The third-order valence-electron chi connectivity index (χ3n) is 5.20. The molecule has 1 fully saturated rings. The molecule has 0 saturated carbocycles. The van der Waals surface area contributed by atoms with Gasteiger partial charge in [0.25, 0.3) is 0 Å². The minimum absolute atomic E-state index is 0.427. The fourth-order valence-corrected chi connectivity index (χ4v) is 3.54.